The Bertz CT molecular complexity index is 479. The van der Waals surface area contributed by atoms with E-state index in [0.717, 1.165) is 26.2 Å². The Kier molecular flexibility index (Phi) is 4.16. The predicted molar refractivity (Wildman–Crippen MR) is 71.2 cm³/mol. The summed E-state index contributed by atoms with van der Waals surface area (Å²) in [5, 5.41) is 0. The average Bonchev–Trinajstić information content (AvgIpc) is 2.46. The van der Waals surface area contributed by atoms with E-state index in [1.54, 1.807) is 24.3 Å². The standard InChI is InChI=1S/C14H18N2O3/c1-15-6-8-16(9-7-15)13(17)11-4-3-5-12(10-11)14(18)19-2/h3-5,10H,6-9H2,1-2H3. The first-order chi connectivity index (χ1) is 9.11. The van der Waals surface area contributed by atoms with Crippen molar-refractivity contribution in [2.24, 2.45) is 0 Å². The monoisotopic (exact) mass is 262 g/mol. The topological polar surface area (TPSA) is 49.9 Å². The Balaban J connectivity index is 2.13. The highest BCUT2D eigenvalue weighted by Crippen LogP contribution is 2.11. The zero-order valence-corrected chi connectivity index (χ0v) is 11.3. The molecule has 1 saturated heterocycles. The molecule has 0 N–H and O–H groups in total. The van der Waals surface area contributed by atoms with Crippen LogP contribution in [0.3, 0.4) is 0 Å². The molecule has 0 spiro atoms. The van der Waals surface area contributed by atoms with Crippen LogP contribution in [-0.2, 0) is 4.74 Å². The number of methoxy groups -OCH3 is 1. The lowest BCUT2D eigenvalue weighted by Crippen LogP contribution is -2.47. The fraction of sp³-hybridized carbons (Fsp3) is 0.429. The van der Waals surface area contributed by atoms with Crippen LogP contribution in [0.4, 0.5) is 0 Å². The summed E-state index contributed by atoms with van der Waals surface area (Å²) in [5.74, 6) is -0.452. The molecule has 0 aliphatic carbocycles. The van der Waals surface area contributed by atoms with Gasteiger partial charge in [0.2, 0.25) is 0 Å². The molecule has 5 nitrogen and oxygen atoms in total. The van der Waals surface area contributed by atoms with Gasteiger partial charge in [0.25, 0.3) is 5.91 Å². The van der Waals surface area contributed by atoms with E-state index in [2.05, 4.69) is 9.64 Å². The maximum atomic E-state index is 12.3. The second-order valence-corrected chi connectivity index (χ2v) is 4.67. The van der Waals surface area contributed by atoms with Crippen molar-refractivity contribution in [3.63, 3.8) is 0 Å². The van der Waals surface area contributed by atoms with Gasteiger partial charge in [0.1, 0.15) is 0 Å². The quantitative estimate of drug-likeness (QED) is 0.742. The van der Waals surface area contributed by atoms with Gasteiger partial charge in [0.05, 0.1) is 12.7 Å². The molecule has 102 valence electrons. The van der Waals surface area contributed by atoms with Crippen molar-refractivity contribution in [2.45, 2.75) is 0 Å². The summed E-state index contributed by atoms with van der Waals surface area (Å²) in [7, 11) is 3.37. The Morgan fingerprint density at radius 1 is 1.11 bits per heavy atom. The van der Waals surface area contributed by atoms with Crippen LogP contribution >= 0.6 is 0 Å². The van der Waals surface area contributed by atoms with Crippen molar-refractivity contribution in [1.82, 2.24) is 9.80 Å². The van der Waals surface area contributed by atoms with E-state index in [1.807, 2.05) is 11.9 Å². The van der Waals surface area contributed by atoms with Gasteiger partial charge in [-0.25, -0.2) is 4.79 Å². The number of benzene rings is 1. The minimum Gasteiger partial charge on any atom is -0.465 e. The summed E-state index contributed by atoms with van der Waals surface area (Å²) >= 11 is 0. The van der Waals surface area contributed by atoms with E-state index < -0.39 is 5.97 Å². The fourth-order valence-corrected chi connectivity index (χ4v) is 2.09. The molecule has 1 aliphatic heterocycles. The van der Waals surface area contributed by atoms with Crippen molar-refractivity contribution in [3.8, 4) is 0 Å². The van der Waals surface area contributed by atoms with Gasteiger partial charge in [-0.15, -0.1) is 0 Å². The van der Waals surface area contributed by atoms with Crippen LogP contribution in [0.1, 0.15) is 20.7 Å². The van der Waals surface area contributed by atoms with Crippen LogP contribution < -0.4 is 0 Å². The van der Waals surface area contributed by atoms with E-state index in [4.69, 9.17) is 0 Å². The molecule has 1 heterocycles. The molecule has 2 rings (SSSR count). The molecule has 0 atom stereocenters. The predicted octanol–water partition coefficient (Wildman–Crippen LogP) is 0.861. The van der Waals surface area contributed by atoms with Gasteiger partial charge < -0.3 is 14.5 Å². The number of hydrogen-bond donors (Lipinski definition) is 0. The van der Waals surface area contributed by atoms with E-state index in [1.165, 1.54) is 7.11 Å². The average molecular weight is 262 g/mol. The van der Waals surface area contributed by atoms with Crippen molar-refractivity contribution < 1.29 is 14.3 Å². The third kappa shape index (κ3) is 3.12. The number of carbonyl (C=O) groups excluding carboxylic acids is 2. The molecule has 1 aromatic rings. The molecule has 0 bridgehead atoms. The van der Waals surface area contributed by atoms with Gasteiger partial charge in [0, 0.05) is 31.7 Å². The van der Waals surface area contributed by atoms with E-state index in [-0.39, 0.29) is 5.91 Å². The molecule has 1 aliphatic rings. The summed E-state index contributed by atoms with van der Waals surface area (Å²) < 4.78 is 4.66. The molecule has 5 heteroatoms. The summed E-state index contributed by atoms with van der Waals surface area (Å²) in [6.07, 6.45) is 0. The fourth-order valence-electron chi connectivity index (χ4n) is 2.09. The highest BCUT2D eigenvalue weighted by Gasteiger charge is 2.21. The third-order valence-corrected chi connectivity index (χ3v) is 3.32. The Morgan fingerprint density at radius 2 is 1.74 bits per heavy atom. The molecule has 0 aromatic heterocycles. The van der Waals surface area contributed by atoms with Gasteiger partial charge >= 0.3 is 5.97 Å². The van der Waals surface area contributed by atoms with Gasteiger partial charge in [-0.05, 0) is 25.2 Å². The molecule has 1 amide bonds. The SMILES string of the molecule is COC(=O)c1cccc(C(=O)N2CCN(C)CC2)c1. The van der Waals surface area contributed by atoms with Crippen molar-refractivity contribution >= 4 is 11.9 Å². The molecule has 1 aromatic carbocycles. The minimum atomic E-state index is -0.423. The first kappa shape index (κ1) is 13.5. The second kappa shape index (κ2) is 5.84. The number of ether oxygens (including phenoxy) is 1. The van der Waals surface area contributed by atoms with Crippen LogP contribution in [0.25, 0.3) is 0 Å². The number of likely N-dealkylation sites (N-methyl/N-ethyl adjacent to an activating group) is 1. The van der Waals surface area contributed by atoms with Gasteiger partial charge in [-0.1, -0.05) is 6.07 Å². The summed E-state index contributed by atoms with van der Waals surface area (Å²) in [6.45, 7) is 3.19. The molecule has 1 fully saturated rings. The van der Waals surface area contributed by atoms with E-state index in [0.29, 0.717) is 11.1 Å². The molecular weight excluding hydrogens is 244 g/mol. The normalized spacial score (nSPS) is 16.2. The van der Waals surface area contributed by atoms with Crippen LogP contribution in [0, 0.1) is 0 Å². The number of esters is 1. The lowest BCUT2D eigenvalue weighted by Gasteiger charge is -2.32. The number of amides is 1. The first-order valence-electron chi connectivity index (χ1n) is 6.28. The summed E-state index contributed by atoms with van der Waals surface area (Å²) in [5.41, 5.74) is 0.940. The largest absolute Gasteiger partial charge is 0.465 e. The third-order valence-electron chi connectivity index (χ3n) is 3.32. The zero-order chi connectivity index (χ0) is 13.8. The number of carbonyl (C=O) groups is 2. The van der Waals surface area contributed by atoms with Gasteiger partial charge in [-0.2, -0.15) is 0 Å². The lowest BCUT2D eigenvalue weighted by atomic mass is 10.1. The minimum absolute atomic E-state index is 0.0288. The first-order valence-corrected chi connectivity index (χ1v) is 6.28. The number of rotatable bonds is 2. The Labute approximate surface area is 112 Å². The van der Waals surface area contributed by atoms with Crippen molar-refractivity contribution in [3.05, 3.63) is 35.4 Å². The number of nitrogens with zero attached hydrogens (tertiary/aromatic N) is 2. The maximum Gasteiger partial charge on any atom is 0.337 e. The van der Waals surface area contributed by atoms with Gasteiger partial charge in [0.15, 0.2) is 0 Å². The van der Waals surface area contributed by atoms with E-state index in [9.17, 15) is 9.59 Å². The zero-order valence-electron chi connectivity index (χ0n) is 11.3. The van der Waals surface area contributed by atoms with Crippen LogP contribution in [0.5, 0.6) is 0 Å². The van der Waals surface area contributed by atoms with Crippen LogP contribution in [-0.4, -0.2) is 62.0 Å². The molecule has 0 unspecified atom stereocenters. The van der Waals surface area contributed by atoms with Gasteiger partial charge in [-0.3, -0.25) is 4.79 Å². The second-order valence-electron chi connectivity index (χ2n) is 4.67. The van der Waals surface area contributed by atoms with Crippen LogP contribution in [0.15, 0.2) is 24.3 Å². The smallest absolute Gasteiger partial charge is 0.337 e. The maximum absolute atomic E-state index is 12.3. The number of hydrogen-bond acceptors (Lipinski definition) is 4. The molecular formula is C14H18N2O3. The Morgan fingerprint density at radius 3 is 2.37 bits per heavy atom. The lowest BCUT2D eigenvalue weighted by molar-refractivity contribution is 0.0600. The number of piperazine rings is 1. The summed E-state index contributed by atoms with van der Waals surface area (Å²) in [4.78, 5) is 27.8. The van der Waals surface area contributed by atoms with Crippen molar-refractivity contribution in [2.75, 3.05) is 40.3 Å². The highest BCUT2D eigenvalue weighted by molar-refractivity contribution is 5.97. The molecule has 0 saturated carbocycles. The molecule has 0 radical (unpaired) electrons. The highest BCUT2D eigenvalue weighted by atomic mass is 16.5. The Hall–Kier alpha value is -1.88. The van der Waals surface area contributed by atoms with Crippen LogP contribution in [0.2, 0.25) is 0 Å². The van der Waals surface area contributed by atoms with E-state index >= 15 is 0 Å². The van der Waals surface area contributed by atoms with Crippen molar-refractivity contribution in [1.29, 1.82) is 0 Å². The summed E-state index contributed by atoms with van der Waals surface area (Å²) in [6, 6.07) is 6.67. The molecule has 19 heavy (non-hydrogen) atoms.